The predicted molar refractivity (Wildman–Crippen MR) is 74.9 cm³/mol. The fourth-order valence-electron chi connectivity index (χ4n) is 1.47. The van der Waals surface area contributed by atoms with Crippen LogP contribution in [-0.2, 0) is 4.79 Å². The highest BCUT2D eigenvalue weighted by Gasteiger charge is 2.67. The van der Waals surface area contributed by atoms with E-state index in [9.17, 15) is 4.79 Å². The van der Waals surface area contributed by atoms with Crippen molar-refractivity contribution in [3.8, 4) is 0 Å². The van der Waals surface area contributed by atoms with Crippen LogP contribution in [0.5, 0.6) is 0 Å². The first-order valence-electron chi connectivity index (χ1n) is 4.81. The van der Waals surface area contributed by atoms with Crippen molar-refractivity contribution in [1.29, 1.82) is 0 Å². The second-order valence-corrected chi connectivity index (χ2v) is 6.79. The van der Waals surface area contributed by atoms with Crippen molar-refractivity contribution in [1.82, 2.24) is 0 Å². The Hall–Kier alpha value is -0.000000000000000111. The molecular formula is C11H10Cl2INO. The minimum Gasteiger partial charge on any atom is -0.325 e. The average Bonchev–Trinajstić information content (AvgIpc) is 2.71. The first kappa shape index (κ1) is 12.5. The summed E-state index contributed by atoms with van der Waals surface area (Å²) in [6.07, 6.45) is 0.498. The molecule has 86 valence electrons. The standard InChI is InChI=1S/C11H10Cl2INO/c1-10(6-11(10,12)13)9(16)15-8-5-3-2-4-7(8)14/h2-5H,6H2,1H3,(H,15,16). The van der Waals surface area contributed by atoms with Crippen LogP contribution in [-0.4, -0.2) is 10.2 Å². The van der Waals surface area contributed by atoms with Crippen molar-refractivity contribution in [3.63, 3.8) is 0 Å². The maximum atomic E-state index is 12.0. The van der Waals surface area contributed by atoms with Crippen LogP contribution in [0.3, 0.4) is 0 Å². The number of benzene rings is 1. The largest absolute Gasteiger partial charge is 0.325 e. The number of para-hydroxylation sites is 1. The Morgan fingerprint density at radius 1 is 1.44 bits per heavy atom. The molecule has 0 heterocycles. The zero-order valence-corrected chi connectivity index (χ0v) is 12.2. The van der Waals surface area contributed by atoms with Crippen LogP contribution in [0.2, 0.25) is 0 Å². The lowest BCUT2D eigenvalue weighted by Crippen LogP contribution is -2.26. The molecule has 1 aliphatic carbocycles. The summed E-state index contributed by atoms with van der Waals surface area (Å²) in [7, 11) is 0. The molecule has 0 saturated heterocycles. The number of halogens is 3. The first-order chi connectivity index (χ1) is 7.37. The lowest BCUT2D eigenvalue weighted by molar-refractivity contribution is -0.120. The number of carbonyl (C=O) groups excluding carboxylic acids is 1. The topological polar surface area (TPSA) is 29.1 Å². The summed E-state index contributed by atoms with van der Waals surface area (Å²) in [6.45, 7) is 1.78. The van der Waals surface area contributed by atoms with Gasteiger partial charge in [0.25, 0.3) is 0 Å². The van der Waals surface area contributed by atoms with Crippen molar-refractivity contribution >= 4 is 57.4 Å². The van der Waals surface area contributed by atoms with Gasteiger partial charge in [-0.3, -0.25) is 4.79 Å². The Balaban J connectivity index is 2.13. The van der Waals surface area contributed by atoms with Gasteiger partial charge in [0.15, 0.2) is 0 Å². The van der Waals surface area contributed by atoms with Gasteiger partial charge < -0.3 is 5.32 Å². The number of nitrogens with one attached hydrogen (secondary N) is 1. The van der Waals surface area contributed by atoms with Crippen LogP contribution in [0, 0.1) is 8.99 Å². The van der Waals surface area contributed by atoms with Crippen LogP contribution < -0.4 is 5.32 Å². The Morgan fingerprint density at radius 2 is 2.00 bits per heavy atom. The van der Waals surface area contributed by atoms with Crippen LogP contribution in [0.4, 0.5) is 5.69 Å². The predicted octanol–water partition coefficient (Wildman–Crippen LogP) is 3.81. The van der Waals surface area contributed by atoms with E-state index >= 15 is 0 Å². The molecule has 0 aliphatic heterocycles. The summed E-state index contributed by atoms with van der Waals surface area (Å²) < 4.78 is 0.0737. The van der Waals surface area contributed by atoms with Gasteiger partial charge in [-0.05, 0) is 48.1 Å². The third-order valence-electron chi connectivity index (χ3n) is 2.88. The second kappa shape index (κ2) is 4.03. The monoisotopic (exact) mass is 369 g/mol. The molecule has 1 atom stereocenters. The lowest BCUT2D eigenvalue weighted by atomic mass is 10.1. The summed E-state index contributed by atoms with van der Waals surface area (Å²) in [5.74, 6) is -0.124. The summed E-state index contributed by atoms with van der Waals surface area (Å²) in [6, 6.07) is 7.58. The molecule has 5 heteroatoms. The van der Waals surface area contributed by atoms with Gasteiger partial charge in [-0.1, -0.05) is 12.1 Å². The number of alkyl halides is 2. The van der Waals surface area contributed by atoms with Crippen LogP contribution in [0.1, 0.15) is 13.3 Å². The van der Waals surface area contributed by atoms with Crippen molar-refractivity contribution in [2.75, 3.05) is 5.32 Å². The molecule has 0 radical (unpaired) electrons. The van der Waals surface area contributed by atoms with E-state index in [0.717, 1.165) is 9.26 Å². The molecule has 1 aromatic carbocycles. The summed E-state index contributed by atoms with van der Waals surface area (Å²) in [4.78, 5) is 12.0. The van der Waals surface area contributed by atoms with E-state index < -0.39 is 9.75 Å². The fourth-order valence-corrected chi connectivity index (χ4v) is 2.70. The molecule has 1 saturated carbocycles. The highest BCUT2D eigenvalue weighted by atomic mass is 127. The molecule has 1 fully saturated rings. The normalized spacial score (nSPS) is 26.2. The number of carbonyl (C=O) groups is 1. The van der Waals surface area contributed by atoms with Crippen molar-refractivity contribution in [2.45, 2.75) is 17.7 Å². The molecule has 16 heavy (non-hydrogen) atoms. The van der Waals surface area contributed by atoms with Gasteiger partial charge in [-0.15, -0.1) is 23.2 Å². The van der Waals surface area contributed by atoms with Crippen LogP contribution in [0.25, 0.3) is 0 Å². The summed E-state index contributed by atoms with van der Waals surface area (Å²) >= 11 is 14.1. The summed E-state index contributed by atoms with van der Waals surface area (Å²) in [5, 5.41) is 2.85. The van der Waals surface area contributed by atoms with Gasteiger partial charge in [0, 0.05) is 3.57 Å². The van der Waals surface area contributed by atoms with E-state index in [1.807, 2.05) is 24.3 Å². The highest BCUT2D eigenvalue weighted by molar-refractivity contribution is 14.1. The molecule has 0 aromatic heterocycles. The third kappa shape index (κ3) is 2.05. The molecule has 2 rings (SSSR count). The molecule has 1 amide bonds. The minimum atomic E-state index is -0.919. The summed E-state index contributed by atoms with van der Waals surface area (Å²) in [5.41, 5.74) is 0.125. The maximum Gasteiger partial charge on any atom is 0.233 e. The number of anilines is 1. The highest BCUT2D eigenvalue weighted by Crippen LogP contribution is 2.64. The van der Waals surface area contributed by atoms with Gasteiger partial charge in [0.2, 0.25) is 5.91 Å². The Bertz CT molecular complexity index is 449. The smallest absolute Gasteiger partial charge is 0.233 e. The van der Waals surface area contributed by atoms with E-state index in [1.54, 1.807) is 6.92 Å². The van der Waals surface area contributed by atoms with E-state index in [1.165, 1.54) is 0 Å². The fraction of sp³-hybridized carbons (Fsp3) is 0.364. The SMILES string of the molecule is CC1(C(=O)Nc2ccccc2I)CC1(Cl)Cl. The molecule has 1 unspecified atom stereocenters. The van der Waals surface area contributed by atoms with Gasteiger partial charge in [0.05, 0.1) is 11.1 Å². The van der Waals surface area contributed by atoms with E-state index in [4.69, 9.17) is 23.2 Å². The van der Waals surface area contributed by atoms with E-state index in [2.05, 4.69) is 27.9 Å². The van der Waals surface area contributed by atoms with Crippen LogP contribution in [0.15, 0.2) is 24.3 Å². The molecule has 1 aromatic rings. The number of rotatable bonds is 2. The molecular weight excluding hydrogens is 360 g/mol. The average molecular weight is 370 g/mol. The van der Waals surface area contributed by atoms with Gasteiger partial charge in [-0.2, -0.15) is 0 Å². The molecule has 0 bridgehead atoms. The zero-order chi connectivity index (χ0) is 12.0. The number of hydrogen-bond acceptors (Lipinski definition) is 1. The molecule has 2 nitrogen and oxygen atoms in total. The Morgan fingerprint density at radius 3 is 2.50 bits per heavy atom. The molecule has 0 spiro atoms. The van der Waals surface area contributed by atoms with Crippen molar-refractivity contribution < 1.29 is 4.79 Å². The minimum absolute atomic E-state index is 0.124. The zero-order valence-electron chi connectivity index (χ0n) is 8.56. The quantitative estimate of drug-likeness (QED) is 0.623. The van der Waals surface area contributed by atoms with E-state index in [-0.39, 0.29) is 5.91 Å². The lowest BCUT2D eigenvalue weighted by Gasteiger charge is -2.13. The van der Waals surface area contributed by atoms with Gasteiger partial charge >= 0.3 is 0 Å². The molecule has 1 N–H and O–H groups in total. The van der Waals surface area contributed by atoms with Gasteiger partial charge in [0.1, 0.15) is 4.33 Å². The van der Waals surface area contributed by atoms with Crippen molar-refractivity contribution in [2.24, 2.45) is 5.41 Å². The van der Waals surface area contributed by atoms with Crippen molar-refractivity contribution in [3.05, 3.63) is 27.8 Å². The molecule has 1 aliphatic rings. The Kier molecular flexibility index (Phi) is 3.14. The number of amides is 1. The van der Waals surface area contributed by atoms with Crippen LogP contribution >= 0.6 is 45.8 Å². The Labute approximate surface area is 118 Å². The number of hydrogen-bond donors (Lipinski definition) is 1. The third-order valence-corrected chi connectivity index (χ3v) is 4.92. The maximum absolute atomic E-state index is 12.0. The first-order valence-corrected chi connectivity index (χ1v) is 6.64. The van der Waals surface area contributed by atoms with Gasteiger partial charge in [-0.25, -0.2) is 0 Å². The second-order valence-electron chi connectivity index (χ2n) is 4.15. The van der Waals surface area contributed by atoms with E-state index in [0.29, 0.717) is 6.42 Å².